The zero-order chi connectivity index (χ0) is 7.56. The van der Waals surface area contributed by atoms with E-state index in [1.807, 2.05) is 0 Å². The maximum absolute atomic E-state index is 10.9. The summed E-state index contributed by atoms with van der Waals surface area (Å²) in [6.07, 6.45) is 0.395. The second-order valence-corrected chi connectivity index (χ2v) is 2.10. The highest BCUT2D eigenvalue weighted by atomic mass is 35.5. The molecule has 0 amide bonds. The fourth-order valence-corrected chi connectivity index (χ4v) is 0.748. The third-order valence-electron chi connectivity index (χ3n) is 1.09. The minimum Gasteiger partial charge on any atom is -0.292 e. The first-order chi connectivity index (χ1) is 4.75. The van der Waals surface area contributed by atoms with Crippen LogP contribution in [0.15, 0.2) is 0 Å². The second kappa shape index (κ2) is 2.79. The molecule has 1 aromatic heterocycles. The molecule has 54 valence electrons. The molecule has 0 aliphatic carbocycles. The molecule has 0 fully saturated rings. The van der Waals surface area contributed by atoms with Crippen molar-refractivity contribution < 1.29 is 4.79 Å². The molecule has 5 heteroatoms. The zero-order valence-electron chi connectivity index (χ0n) is 5.39. The van der Waals surface area contributed by atoms with Gasteiger partial charge in [0.1, 0.15) is 0 Å². The molecular weight excluding hydrogens is 154 g/mol. The van der Waals surface area contributed by atoms with E-state index in [0.717, 1.165) is 0 Å². The molecular formula is C5H6ClN3O. The van der Waals surface area contributed by atoms with E-state index in [9.17, 15) is 4.79 Å². The molecule has 0 aliphatic rings. The van der Waals surface area contributed by atoms with Gasteiger partial charge >= 0.3 is 0 Å². The van der Waals surface area contributed by atoms with E-state index in [1.54, 1.807) is 6.92 Å². The molecule has 0 atom stereocenters. The number of nitrogens with one attached hydrogen (secondary N) is 1. The van der Waals surface area contributed by atoms with Gasteiger partial charge in [0.2, 0.25) is 0 Å². The van der Waals surface area contributed by atoms with Gasteiger partial charge in [-0.25, -0.2) is 0 Å². The molecule has 0 spiro atoms. The van der Waals surface area contributed by atoms with Crippen LogP contribution in [-0.2, 0) is 0 Å². The number of carbonyl (C=O) groups excluding carboxylic acids is 1. The summed E-state index contributed by atoms with van der Waals surface area (Å²) in [7, 11) is 0. The van der Waals surface area contributed by atoms with Crippen molar-refractivity contribution in [3.05, 3.63) is 10.8 Å². The number of H-pyrrole nitrogens is 1. The number of carbonyl (C=O) groups is 1. The van der Waals surface area contributed by atoms with Gasteiger partial charge in [0.15, 0.2) is 16.6 Å². The Kier molecular flexibility index (Phi) is 2.01. The number of hydrogen-bond donors (Lipinski definition) is 1. The summed E-state index contributed by atoms with van der Waals surface area (Å²) < 4.78 is 0. The lowest BCUT2D eigenvalue weighted by Crippen LogP contribution is -1.97. The van der Waals surface area contributed by atoms with Crippen molar-refractivity contribution in [1.29, 1.82) is 0 Å². The molecule has 1 heterocycles. The summed E-state index contributed by atoms with van der Waals surface area (Å²) in [6.45, 7) is 1.74. The molecule has 0 radical (unpaired) electrons. The molecule has 0 aliphatic heterocycles. The zero-order valence-corrected chi connectivity index (χ0v) is 6.14. The third-order valence-corrected chi connectivity index (χ3v) is 1.35. The summed E-state index contributed by atoms with van der Waals surface area (Å²) in [6, 6.07) is 0. The average molecular weight is 160 g/mol. The number of Topliss-reactive ketones (excluding diaryl/α,β-unsaturated/α-hetero) is 1. The van der Waals surface area contributed by atoms with Gasteiger partial charge in [0.25, 0.3) is 0 Å². The molecule has 0 saturated carbocycles. The molecule has 4 nitrogen and oxygen atoms in total. The van der Waals surface area contributed by atoms with Crippen LogP contribution in [0.3, 0.4) is 0 Å². The highest BCUT2D eigenvalue weighted by Crippen LogP contribution is 2.09. The molecule has 10 heavy (non-hydrogen) atoms. The lowest BCUT2D eigenvalue weighted by molar-refractivity contribution is 0.0983. The number of hydrogen-bond acceptors (Lipinski definition) is 3. The number of ketones is 1. The number of rotatable bonds is 2. The van der Waals surface area contributed by atoms with Gasteiger partial charge in [-0.1, -0.05) is 18.5 Å². The highest BCUT2D eigenvalue weighted by Gasteiger charge is 2.11. The maximum Gasteiger partial charge on any atom is 0.186 e. The Morgan fingerprint density at radius 1 is 1.70 bits per heavy atom. The highest BCUT2D eigenvalue weighted by molar-refractivity contribution is 6.32. The first-order valence-corrected chi connectivity index (χ1v) is 3.23. The number of nitrogens with zero attached hydrogens (tertiary/aromatic N) is 2. The average Bonchev–Trinajstić information content (AvgIpc) is 2.34. The Morgan fingerprint density at radius 3 is 2.80 bits per heavy atom. The van der Waals surface area contributed by atoms with Crippen LogP contribution in [0.2, 0.25) is 5.15 Å². The van der Waals surface area contributed by atoms with E-state index in [0.29, 0.717) is 6.42 Å². The van der Waals surface area contributed by atoms with E-state index in [2.05, 4.69) is 15.4 Å². The minimum absolute atomic E-state index is 0.0984. The van der Waals surface area contributed by atoms with Gasteiger partial charge in [-0.05, 0) is 0 Å². The van der Waals surface area contributed by atoms with E-state index in [1.165, 1.54) is 0 Å². The summed E-state index contributed by atoms with van der Waals surface area (Å²) in [4.78, 5) is 10.9. The monoisotopic (exact) mass is 159 g/mol. The Labute approximate surface area is 62.6 Å². The van der Waals surface area contributed by atoms with Crippen LogP contribution >= 0.6 is 11.6 Å². The lowest BCUT2D eigenvalue weighted by atomic mass is 10.2. The van der Waals surface area contributed by atoms with E-state index >= 15 is 0 Å². The minimum atomic E-state index is -0.0984. The normalized spacial score (nSPS) is 9.80. The predicted octanol–water partition coefficient (Wildman–Crippen LogP) is 1.05. The summed E-state index contributed by atoms with van der Waals surface area (Å²) >= 11 is 5.49. The number of aromatic nitrogens is 3. The van der Waals surface area contributed by atoms with E-state index in [4.69, 9.17) is 11.6 Å². The van der Waals surface area contributed by atoms with Gasteiger partial charge < -0.3 is 0 Å². The predicted molar refractivity (Wildman–Crippen MR) is 36.0 cm³/mol. The quantitative estimate of drug-likeness (QED) is 0.657. The lowest BCUT2D eigenvalue weighted by Gasteiger charge is -1.86. The van der Waals surface area contributed by atoms with Gasteiger partial charge in [-0.15, -0.1) is 5.10 Å². The van der Waals surface area contributed by atoms with Crippen LogP contribution in [-0.4, -0.2) is 21.2 Å². The Morgan fingerprint density at radius 2 is 2.40 bits per heavy atom. The van der Waals surface area contributed by atoms with Crippen LogP contribution in [0.1, 0.15) is 23.8 Å². The Balaban J connectivity index is 2.93. The second-order valence-electron chi connectivity index (χ2n) is 1.74. The van der Waals surface area contributed by atoms with Crippen LogP contribution in [0.5, 0.6) is 0 Å². The van der Waals surface area contributed by atoms with Crippen molar-refractivity contribution in [3.63, 3.8) is 0 Å². The fraction of sp³-hybridized carbons (Fsp3) is 0.400. The van der Waals surface area contributed by atoms with Crippen LogP contribution in [0.4, 0.5) is 0 Å². The van der Waals surface area contributed by atoms with Gasteiger partial charge in [-0.2, -0.15) is 10.3 Å². The van der Waals surface area contributed by atoms with Crippen molar-refractivity contribution in [2.24, 2.45) is 0 Å². The van der Waals surface area contributed by atoms with E-state index in [-0.39, 0.29) is 16.6 Å². The first-order valence-electron chi connectivity index (χ1n) is 2.85. The van der Waals surface area contributed by atoms with Gasteiger partial charge in [0, 0.05) is 6.42 Å². The molecule has 1 N–H and O–H groups in total. The standard InChI is InChI=1S/C5H6ClN3O/c1-2-3(10)4-5(6)8-9-7-4/h2H2,1H3,(H,7,8,9). The van der Waals surface area contributed by atoms with Gasteiger partial charge in [-0.3, -0.25) is 4.79 Å². The topological polar surface area (TPSA) is 58.6 Å². The van der Waals surface area contributed by atoms with Crippen molar-refractivity contribution >= 4 is 17.4 Å². The van der Waals surface area contributed by atoms with Crippen LogP contribution in [0.25, 0.3) is 0 Å². The molecule has 1 aromatic rings. The van der Waals surface area contributed by atoms with Crippen LogP contribution < -0.4 is 0 Å². The van der Waals surface area contributed by atoms with Crippen LogP contribution in [0, 0.1) is 0 Å². The third kappa shape index (κ3) is 1.16. The first kappa shape index (κ1) is 7.21. The molecule has 1 rings (SSSR count). The molecule has 0 aromatic carbocycles. The summed E-state index contributed by atoms with van der Waals surface area (Å²) in [5.74, 6) is -0.0984. The van der Waals surface area contributed by atoms with E-state index < -0.39 is 0 Å². The summed E-state index contributed by atoms with van der Waals surface area (Å²) in [5, 5.41) is 9.47. The maximum atomic E-state index is 10.9. The smallest absolute Gasteiger partial charge is 0.186 e. The van der Waals surface area contributed by atoms with Crippen molar-refractivity contribution in [2.45, 2.75) is 13.3 Å². The fourth-order valence-electron chi connectivity index (χ4n) is 0.563. The molecule has 0 saturated heterocycles. The van der Waals surface area contributed by atoms with Crippen molar-refractivity contribution in [2.75, 3.05) is 0 Å². The SMILES string of the molecule is CCC(=O)c1n[nH]nc1Cl. The van der Waals surface area contributed by atoms with Crippen molar-refractivity contribution in [3.8, 4) is 0 Å². The molecule has 0 bridgehead atoms. The Bertz CT molecular complexity index is 245. The number of halogens is 1. The summed E-state index contributed by atoms with van der Waals surface area (Å²) in [5.41, 5.74) is 0.226. The molecule has 0 unspecified atom stereocenters. The Hall–Kier alpha value is -0.900. The number of aromatic amines is 1. The van der Waals surface area contributed by atoms with Crippen molar-refractivity contribution in [1.82, 2.24) is 15.4 Å². The largest absolute Gasteiger partial charge is 0.292 e. The van der Waals surface area contributed by atoms with Gasteiger partial charge in [0.05, 0.1) is 0 Å².